The molecule has 0 fully saturated rings. The van der Waals surface area contributed by atoms with E-state index in [9.17, 15) is 4.79 Å². The maximum absolute atomic E-state index is 12.7. The molecule has 3 nitrogen and oxygen atoms in total. The van der Waals surface area contributed by atoms with Crippen molar-refractivity contribution in [1.82, 2.24) is 9.55 Å². The van der Waals surface area contributed by atoms with Crippen LogP contribution in [0, 0.1) is 0 Å². The van der Waals surface area contributed by atoms with Crippen LogP contribution in [0.4, 0.5) is 0 Å². The number of nitrogens with zero attached hydrogens (tertiary/aromatic N) is 2. The molecule has 2 heterocycles. The first-order valence-electron chi connectivity index (χ1n) is 8.69. The summed E-state index contributed by atoms with van der Waals surface area (Å²) >= 11 is 0. The van der Waals surface area contributed by atoms with E-state index < -0.39 is 0 Å². The van der Waals surface area contributed by atoms with E-state index in [0.717, 1.165) is 35.9 Å². The van der Waals surface area contributed by atoms with Crippen LogP contribution in [0.2, 0.25) is 0 Å². The Morgan fingerprint density at radius 3 is 2.50 bits per heavy atom. The molecule has 0 bridgehead atoms. The molecule has 3 rings (SSSR count). The average molecular weight is 320 g/mol. The summed E-state index contributed by atoms with van der Waals surface area (Å²) in [4.78, 5) is 16.8. The number of hydrogen-bond acceptors (Lipinski definition) is 2. The van der Waals surface area contributed by atoms with E-state index in [0.29, 0.717) is 11.3 Å². The third-order valence-electron chi connectivity index (χ3n) is 4.53. The molecule has 0 amide bonds. The minimum absolute atomic E-state index is 0.0501. The van der Waals surface area contributed by atoms with Gasteiger partial charge in [-0.2, -0.15) is 0 Å². The van der Waals surface area contributed by atoms with Gasteiger partial charge in [-0.05, 0) is 34.9 Å². The van der Waals surface area contributed by atoms with Crippen molar-refractivity contribution in [2.45, 2.75) is 46.1 Å². The second-order valence-electron chi connectivity index (χ2n) is 6.59. The summed E-state index contributed by atoms with van der Waals surface area (Å²) in [5.74, 6) is 0.513. The Bertz CT molecular complexity index is 892. The van der Waals surface area contributed by atoms with E-state index in [2.05, 4.69) is 50.0 Å². The lowest BCUT2D eigenvalue weighted by Gasteiger charge is -2.13. The molecule has 0 atom stereocenters. The molecule has 3 heteroatoms. The number of aromatic nitrogens is 2. The minimum atomic E-state index is 0.0501. The Morgan fingerprint density at radius 1 is 1.08 bits per heavy atom. The van der Waals surface area contributed by atoms with Crippen molar-refractivity contribution in [3.05, 3.63) is 64.8 Å². The number of hydrogen-bond donors (Lipinski definition) is 0. The number of benzene rings is 1. The van der Waals surface area contributed by atoms with Crippen molar-refractivity contribution in [2.24, 2.45) is 0 Å². The Morgan fingerprint density at radius 2 is 1.83 bits per heavy atom. The van der Waals surface area contributed by atoms with Crippen molar-refractivity contribution in [2.75, 3.05) is 0 Å². The number of unbranched alkanes of at least 4 members (excludes halogenated alkanes) is 1. The zero-order valence-corrected chi connectivity index (χ0v) is 14.6. The van der Waals surface area contributed by atoms with Crippen LogP contribution in [0.3, 0.4) is 0 Å². The monoisotopic (exact) mass is 320 g/mol. The van der Waals surface area contributed by atoms with Crippen molar-refractivity contribution in [3.8, 4) is 11.1 Å². The van der Waals surface area contributed by atoms with Crippen LogP contribution < -0.4 is 5.56 Å². The van der Waals surface area contributed by atoms with Gasteiger partial charge in [0, 0.05) is 30.7 Å². The van der Waals surface area contributed by atoms with Crippen molar-refractivity contribution in [3.63, 3.8) is 0 Å². The predicted octanol–water partition coefficient (Wildman–Crippen LogP) is 4.99. The molecule has 0 aliphatic rings. The zero-order chi connectivity index (χ0) is 17.1. The lowest BCUT2D eigenvalue weighted by atomic mass is 9.97. The van der Waals surface area contributed by atoms with Gasteiger partial charge in [-0.15, -0.1) is 0 Å². The molecule has 1 aromatic carbocycles. The molecule has 3 aromatic rings. The highest BCUT2D eigenvalue weighted by Gasteiger charge is 2.11. The number of rotatable bonds is 5. The van der Waals surface area contributed by atoms with Crippen LogP contribution in [0.15, 0.2) is 53.7 Å². The van der Waals surface area contributed by atoms with E-state index >= 15 is 0 Å². The third kappa shape index (κ3) is 3.12. The van der Waals surface area contributed by atoms with Gasteiger partial charge in [-0.25, -0.2) is 0 Å². The van der Waals surface area contributed by atoms with Gasteiger partial charge in [0.05, 0.1) is 5.39 Å². The highest BCUT2D eigenvalue weighted by molar-refractivity contribution is 5.95. The molecule has 0 spiro atoms. The number of pyridine rings is 2. The lowest BCUT2D eigenvalue weighted by Crippen LogP contribution is -2.20. The van der Waals surface area contributed by atoms with Crippen LogP contribution in [-0.2, 0) is 6.54 Å². The molecule has 0 aliphatic carbocycles. The molecule has 0 unspecified atom stereocenters. The van der Waals surface area contributed by atoms with Crippen LogP contribution in [-0.4, -0.2) is 9.55 Å². The van der Waals surface area contributed by atoms with E-state index in [1.807, 2.05) is 16.8 Å². The minimum Gasteiger partial charge on any atom is -0.314 e. The van der Waals surface area contributed by atoms with Gasteiger partial charge in [0.1, 0.15) is 0 Å². The normalized spacial score (nSPS) is 11.3. The largest absolute Gasteiger partial charge is 0.314 e. The molecule has 0 saturated heterocycles. The topological polar surface area (TPSA) is 34.9 Å². The summed E-state index contributed by atoms with van der Waals surface area (Å²) in [6.07, 6.45) is 7.51. The number of aryl methyl sites for hydroxylation is 1. The maximum Gasteiger partial charge on any atom is 0.260 e. The Hall–Kier alpha value is -2.42. The van der Waals surface area contributed by atoms with Crippen LogP contribution in [0.5, 0.6) is 0 Å². The fraction of sp³-hybridized carbons (Fsp3) is 0.333. The van der Waals surface area contributed by atoms with Crippen LogP contribution >= 0.6 is 0 Å². The van der Waals surface area contributed by atoms with Crippen LogP contribution in [0.1, 0.15) is 45.1 Å². The highest BCUT2D eigenvalue weighted by atomic mass is 16.1. The molecule has 0 radical (unpaired) electrons. The highest BCUT2D eigenvalue weighted by Crippen LogP contribution is 2.28. The SMILES string of the molecule is CCCCn1cc(-c2ccc(C(C)C)cc2)c2ccncc2c1=O. The Labute approximate surface area is 143 Å². The van der Waals surface area contributed by atoms with Gasteiger partial charge >= 0.3 is 0 Å². The van der Waals surface area contributed by atoms with Gasteiger partial charge in [0.25, 0.3) is 5.56 Å². The van der Waals surface area contributed by atoms with E-state index in [1.54, 1.807) is 12.4 Å². The summed E-state index contributed by atoms with van der Waals surface area (Å²) in [6.45, 7) is 7.28. The molecular weight excluding hydrogens is 296 g/mol. The average Bonchev–Trinajstić information content (AvgIpc) is 2.61. The molecule has 2 aromatic heterocycles. The molecule has 0 saturated carbocycles. The van der Waals surface area contributed by atoms with Gasteiger partial charge in [0.15, 0.2) is 0 Å². The smallest absolute Gasteiger partial charge is 0.260 e. The van der Waals surface area contributed by atoms with E-state index in [-0.39, 0.29) is 5.56 Å². The second kappa shape index (κ2) is 7.00. The molecule has 24 heavy (non-hydrogen) atoms. The van der Waals surface area contributed by atoms with Gasteiger partial charge in [-0.3, -0.25) is 9.78 Å². The van der Waals surface area contributed by atoms with Crippen molar-refractivity contribution < 1.29 is 0 Å². The van der Waals surface area contributed by atoms with E-state index in [1.165, 1.54) is 5.56 Å². The molecule has 0 N–H and O–H groups in total. The standard InChI is InChI=1S/C21H24N2O/c1-4-5-12-23-14-20(17-8-6-16(7-9-17)15(2)3)18-10-11-22-13-19(18)21(23)24/h6-11,13-15H,4-5,12H2,1-3H3. The van der Waals surface area contributed by atoms with Crippen LogP contribution in [0.25, 0.3) is 21.9 Å². The Balaban J connectivity index is 2.18. The molecular formula is C21H24N2O. The second-order valence-corrected chi connectivity index (χ2v) is 6.59. The zero-order valence-electron chi connectivity index (χ0n) is 14.6. The summed E-state index contributed by atoms with van der Waals surface area (Å²) < 4.78 is 1.83. The Kier molecular flexibility index (Phi) is 4.79. The fourth-order valence-corrected chi connectivity index (χ4v) is 3.01. The molecule has 124 valence electrons. The first-order valence-corrected chi connectivity index (χ1v) is 8.69. The molecule has 0 aliphatic heterocycles. The van der Waals surface area contributed by atoms with Gasteiger partial charge in [0.2, 0.25) is 0 Å². The third-order valence-corrected chi connectivity index (χ3v) is 4.53. The van der Waals surface area contributed by atoms with Crippen molar-refractivity contribution >= 4 is 10.8 Å². The number of fused-ring (bicyclic) bond motifs is 1. The fourth-order valence-electron chi connectivity index (χ4n) is 3.01. The van der Waals surface area contributed by atoms with Gasteiger partial charge < -0.3 is 4.57 Å². The first kappa shape index (κ1) is 16.4. The predicted molar refractivity (Wildman–Crippen MR) is 100 cm³/mol. The summed E-state index contributed by atoms with van der Waals surface area (Å²) in [5.41, 5.74) is 3.61. The van der Waals surface area contributed by atoms with Crippen molar-refractivity contribution in [1.29, 1.82) is 0 Å². The lowest BCUT2D eigenvalue weighted by molar-refractivity contribution is 0.617. The summed E-state index contributed by atoms with van der Waals surface area (Å²) in [6, 6.07) is 10.6. The summed E-state index contributed by atoms with van der Waals surface area (Å²) in [7, 11) is 0. The quantitative estimate of drug-likeness (QED) is 0.664. The van der Waals surface area contributed by atoms with E-state index in [4.69, 9.17) is 0 Å². The summed E-state index contributed by atoms with van der Waals surface area (Å²) in [5, 5.41) is 1.67. The maximum atomic E-state index is 12.7. The first-order chi connectivity index (χ1) is 11.6. The van der Waals surface area contributed by atoms with Gasteiger partial charge in [-0.1, -0.05) is 51.5 Å².